The third-order valence-electron chi connectivity index (χ3n) is 2.10. The highest BCUT2D eigenvalue weighted by Gasteiger charge is 2.33. The van der Waals surface area contributed by atoms with Gasteiger partial charge in [0.2, 0.25) is 11.5 Å². The molecule has 0 aliphatic carbocycles. The molecule has 1 aromatic rings. The number of anilines is 1. The molecule has 1 aromatic carbocycles. The van der Waals surface area contributed by atoms with Crippen molar-refractivity contribution >= 4 is 46.3 Å². The van der Waals surface area contributed by atoms with Crippen molar-refractivity contribution in [1.29, 1.82) is 0 Å². The number of oxime groups is 1. The van der Waals surface area contributed by atoms with Crippen LogP contribution in [-0.2, 0) is 4.79 Å². The van der Waals surface area contributed by atoms with Gasteiger partial charge < -0.3 is 10.5 Å². The highest BCUT2D eigenvalue weighted by molar-refractivity contribution is 6.73. The Morgan fingerprint density at radius 2 is 1.94 bits per heavy atom. The van der Waals surface area contributed by atoms with Crippen molar-refractivity contribution in [3.8, 4) is 0 Å². The van der Waals surface area contributed by atoms with Gasteiger partial charge in [0.25, 0.3) is 5.91 Å². The van der Waals surface area contributed by atoms with Gasteiger partial charge in [-0.2, -0.15) is 0 Å². The maximum absolute atomic E-state index is 11.7. The summed E-state index contributed by atoms with van der Waals surface area (Å²) in [6.45, 7) is 0. The fourth-order valence-corrected chi connectivity index (χ4v) is 1.78. The monoisotopic (exact) mass is 258 g/mol. The minimum Gasteiger partial charge on any atom is -0.410 e. The molecule has 1 amide bonds. The second-order valence-corrected chi connectivity index (χ2v) is 3.80. The standard InChI is InChI=1S/C9H4Cl2N2O3/c10-3-1-2-4-5(6(3)11)8(14)7(13-16)9(15)12-4/h1-2,16H,(H,12,15)/b13-7-. The minimum absolute atomic E-state index is 0.0188. The summed E-state index contributed by atoms with van der Waals surface area (Å²) in [5.41, 5.74) is -0.338. The number of hydrogen-bond donors (Lipinski definition) is 2. The van der Waals surface area contributed by atoms with Crippen LogP contribution in [0, 0.1) is 0 Å². The van der Waals surface area contributed by atoms with Gasteiger partial charge in [0, 0.05) is 0 Å². The quantitative estimate of drug-likeness (QED) is 0.552. The van der Waals surface area contributed by atoms with Gasteiger partial charge in [0.05, 0.1) is 21.3 Å². The largest absolute Gasteiger partial charge is 0.410 e. The van der Waals surface area contributed by atoms with Gasteiger partial charge >= 0.3 is 0 Å². The van der Waals surface area contributed by atoms with E-state index in [1.54, 1.807) is 0 Å². The summed E-state index contributed by atoms with van der Waals surface area (Å²) in [5, 5.41) is 13.7. The lowest BCUT2D eigenvalue weighted by Gasteiger charge is -2.17. The van der Waals surface area contributed by atoms with E-state index in [1.165, 1.54) is 12.1 Å². The van der Waals surface area contributed by atoms with Gasteiger partial charge in [0.15, 0.2) is 0 Å². The van der Waals surface area contributed by atoms with Crippen LogP contribution in [0.3, 0.4) is 0 Å². The molecule has 0 saturated carbocycles. The molecule has 1 heterocycles. The van der Waals surface area contributed by atoms with Crippen LogP contribution in [0.15, 0.2) is 17.3 Å². The smallest absolute Gasteiger partial charge is 0.281 e. The Balaban J connectivity index is 2.71. The van der Waals surface area contributed by atoms with Crippen molar-refractivity contribution in [2.24, 2.45) is 5.16 Å². The molecular weight excluding hydrogens is 255 g/mol. The van der Waals surface area contributed by atoms with E-state index in [1.807, 2.05) is 0 Å². The normalized spacial score (nSPS) is 17.2. The molecule has 1 aliphatic heterocycles. The SMILES string of the molecule is O=C1Nc2ccc(Cl)c(Cl)c2C(=O)/C1=N/O. The van der Waals surface area contributed by atoms with E-state index >= 15 is 0 Å². The van der Waals surface area contributed by atoms with E-state index in [-0.39, 0.29) is 21.3 Å². The van der Waals surface area contributed by atoms with Crippen LogP contribution in [0.2, 0.25) is 10.0 Å². The molecule has 2 N–H and O–H groups in total. The molecule has 16 heavy (non-hydrogen) atoms. The minimum atomic E-state index is -0.779. The Morgan fingerprint density at radius 1 is 1.25 bits per heavy atom. The summed E-state index contributed by atoms with van der Waals surface area (Å²) in [6, 6.07) is 2.91. The Kier molecular flexibility index (Phi) is 2.57. The Bertz CT molecular complexity index is 540. The lowest BCUT2D eigenvalue weighted by Crippen LogP contribution is -2.36. The molecule has 7 heteroatoms. The molecule has 0 radical (unpaired) electrons. The molecule has 0 aromatic heterocycles. The number of nitrogens with zero attached hydrogens (tertiary/aromatic N) is 1. The summed E-state index contributed by atoms with van der Waals surface area (Å²) in [5.74, 6) is -1.54. The second kappa shape index (κ2) is 3.77. The zero-order chi connectivity index (χ0) is 11.9. The van der Waals surface area contributed by atoms with E-state index in [4.69, 9.17) is 28.4 Å². The molecule has 82 valence electrons. The number of hydrogen-bond acceptors (Lipinski definition) is 4. The van der Waals surface area contributed by atoms with Crippen molar-refractivity contribution in [3.63, 3.8) is 0 Å². The van der Waals surface area contributed by atoms with Gasteiger partial charge in [-0.1, -0.05) is 28.4 Å². The maximum atomic E-state index is 11.7. The van der Waals surface area contributed by atoms with E-state index in [0.29, 0.717) is 0 Å². The first-order valence-corrected chi connectivity index (χ1v) is 4.88. The average molecular weight is 259 g/mol. The molecule has 0 bridgehead atoms. The predicted octanol–water partition coefficient (Wildman–Crippen LogP) is 1.96. The van der Waals surface area contributed by atoms with Crippen molar-refractivity contribution < 1.29 is 14.8 Å². The highest BCUT2D eigenvalue weighted by Crippen LogP contribution is 2.34. The first kappa shape index (κ1) is 10.9. The topological polar surface area (TPSA) is 78.8 Å². The zero-order valence-electron chi connectivity index (χ0n) is 7.62. The van der Waals surface area contributed by atoms with Crippen molar-refractivity contribution in [2.75, 3.05) is 5.32 Å². The zero-order valence-corrected chi connectivity index (χ0v) is 9.13. The van der Waals surface area contributed by atoms with E-state index < -0.39 is 17.4 Å². The summed E-state index contributed by atoms with van der Waals surface area (Å²) >= 11 is 11.6. The second-order valence-electron chi connectivity index (χ2n) is 3.02. The predicted molar refractivity (Wildman–Crippen MR) is 58.6 cm³/mol. The van der Waals surface area contributed by atoms with Crippen LogP contribution in [0.5, 0.6) is 0 Å². The number of amides is 1. The Labute approximate surface area is 99.6 Å². The molecule has 0 saturated heterocycles. The maximum Gasteiger partial charge on any atom is 0.281 e. The molecule has 5 nitrogen and oxygen atoms in total. The van der Waals surface area contributed by atoms with Crippen molar-refractivity contribution in [1.82, 2.24) is 0 Å². The average Bonchev–Trinajstić information content (AvgIpc) is 2.24. The number of fused-ring (bicyclic) bond motifs is 1. The third kappa shape index (κ3) is 1.45. The number of benzene rings is 1. The first-order chi connectivity index (χ1) is 7.56. The number of carbonyl (C=O) groups is 2. The molecule has 0 unspecified atom stereocenters. The van der Waals surface area contributed by atoms with Gasteiger partial charge in [-0.25, -0.2) is 0 Å². The molecule has 2 rings (SSSR count). The highest BCUT2D eigenvalue weighted by atomic mass is 35.5. The van der Waals surface area contributed by atoms with Crippen molar-refractivity contribution in [3.05, 3.63) is 27.7 Å². The summed E-state index contributed by atoms with van der Waals surface area (Å²) in [6.07, 6.45) is 0. The lowest BCUT2D eigenvalue weighted by atomic mass is 10.00. The molecule has 0 fully saturated rings. The number of rotatable bonds is 0. The van der Waals surface area contributed by atoms with Crippen LogP contribution in [0.1, 0.15) is 10.4 Å². The first-order valence-electron chi connectivity index (χ1n) is 4.12. The summed E-state index contributed by atoms with van der Waals surface area (Å²) in [4.78, 5) is 23.0. The molecular formula is C9H4Cl2N2O3. The molecule has 0 atom stereocenters. The Morgan fingerprint density at radius 3 is 2.56 bits per heavy atom. The number of nitrogens with one attached hydrogen (secondary N) is 1. The third-order valence-corrected chi connectivity index (χ3v) is 2.90. The summed E-state index contributed by atoms with van der Waals surface area (Å²) in [7, 11) is 0. The van der Waals surface area contributed by atoms with Gasteiger partial charge in [-0.3, -0.25) is 9.59 Å². The van der Waals surface area contributed by atoms with Gasteiger partial charge in [0.1, 0.15) is 0 Å². The van der Waals surface area contributed by atoms with Gasteiger partial charge in [-0.05, 0) is 12.1 Å². The number of ketones is 1. The molecule has 1 aliphatic rings. The lowest BCUT2D eigenvalue weighted by molar-refractivity contribution is -0.110. The van der Waals surface area contributed by atoms with Crippen LogP contribution in [0.25, 0.3) is 0 Å². The van der Waals surface area contributed by atoms with Crippen LogP contribution >= 0.6 is 23.2 Å². The summed E-state index contributed by atoms with van der Waals surface area (Å²) < 4.78 is 0. The number of halogens is 2. The number of Topliss-reactive ketones (excluding diaryl/α,β-unsaturated/α-hetero) is 1. The van der Waals surface area contributed by atoms with E-state index in [2.05, 4.69) is 10.5 Å². The van der Waals surface area contributed by atoms with Crippen LogP contribution in [0.4, 0.5) is 5.69 Å². The van der Waals surface area contributed by atoms with Crippen LogP contribution in [-0.4, -0.2) is 22.6 Å². The van der Waals surface area contributed by atoms with Crippen molar-refractivity contribution in [2.45, 2.75) is 0 Å². The van der Waals surface area contributed by atoms with Crippen LogP contribution < -0.4 is 5.32 Å². The fraction of sp³-hybridized carbons (Fsp3) is 0. The Hall–Kier alpha value is -1.59. The van der Waals surface area contributed by atoms with Gasteiger partial charge in [-0.15, -0.1) is 0 Å². The fourth-order valence-electron chi connectivity index (χ4n) is 1.37. The van der Waals surface area contributed by atoms with E-state index in [0.717, 1.165) is 0 Å². The number of carbonyl (C=O) groups excluding carboxylic acids is 2. The van der Waals surface area contributed by atoms with E-state index in [9.17, 15) is 9.59 Å². The molecule has 0 spiro atoms.